The zero-order valence-corrected chi connectivity index (χ0v) is 14.8. The molecule has 0 spiro atoms. The van der Waals surface area contributed by atoms with Gasteiger partial charge in [-0.25, -0.2) is 8.42 Å². The van der Waals surface area contributed by atoms with Gasteiger partial charge in [-0.1, -0.05) is 17.7 Å². The van der Waals surface area contributed by atoms with Gasteiger partial charge in [-0.2, -0.15) is 0 Å². The quantitative estimate of drug-likeness (QED) is 0.731. The average molecular weight is 378 g/mol. The summed E-state index contributed by atoms with van der Waals surface area (Å²) in [7, 11) is -3.95. The highest BCUT2D eigenvalue weighted by Gasteiger charge is 2.20. The smallest absolute Gasteiger partial charge is 0.272 e. The van der Waals surface area contributed by atoms with Crippen LogP contribution in [0.1, 0.15) is 5.56 Å². The number of carbonyl (C=O) groups excluding carboxylic acids is 1. The van der Waals surface area contributed by atoms with Crippen LogP contribution in [0.25, 0.3) is 0 Å². The normalized spacial score (nSPS) is 13.1. The summed E-state index contributed by atoms with van der Waals surface area (Å²) in [6, 6.07) is 11.3. The lowest BCUT2D eigenvalue weighted by Crippen LogP contribution is -2.43. The summed E-state index contributed by atoms with van der Waals surface area (Å²) in [5.74, 6) is 0.700. The molecular weight excluding hydrogens is 360 g/mol. The lowest BCUT2D eigenvalue weighted by molar-refractivity contribution is -0.123. The highest BCUT2D eigenvalue weighted by Crippen LogP contribution is 2.31. The summed E-state index contributed by atoms with van der Waals surface area (Å²) in [5.41, 5.74) is 3.17. The van der Waals surface area contributed by atoms with Crippen LogP contribution in [-0.2, 0) is 14.8 Å². The third-order valence-corrected chi connectivity index (χ3v) is 4.78. The number of hydrazine groups is 1. The number of sulfonamides is 1. The van der Waals surface area contributed by atoms with E-state index in [4.69, 9.17) is 14.2 Å². The molecule has 2 N–H and O–H groups in total. The van der Waals surface area contributed by atoms with Gasteiger partial charge in [0.05, 0.1) is 4.90 Å². The second kappa shape index (κ2) is 7.63. The van der Waals surface area contributed by atoms with Crippen molar-refractivity contribution in [3.8, 4) is 17.2 Å². The molecule has 0 saturated carbocycles. The summed E-state index contributed by atoms with van der Waals surface area (Å²) >= 11 is 0. The van der Waals surface area contributed by atoms with Gasteiger partial charge in [-0.15, -0.1) is 4.83 Å². The van der Waals surface area contributed by atoms with Gasteiger partial charge in [-0.05, 0) is 31.2 Å². The molecular formula is C17H18N2O6S. The molecule has 0 bridgehead atoms. The molecule has 1 aliphatic rings. The number of ether oxygens (including phenoxy) is 3. The van der Waals surface area contributed by atoms with Crippen LogP contribution in [0.5, 0.6) is 17.2 Å². The first-order valence-corrected chi connectivity index (χ1v) is 9.32. The molecule has 0 radical (unpaired) electrons. The van der Waals surface area contributed by atoms with E-state index in [9.17, 15) is 13.2 Å². The van der Waals surface area contributed by atoms with E-state index in [0.717, 1.165) is 5.56 Å². The Morgan fingerprint density at radius 1 is 1.08 bits per heavy atom. The van der Waals surface area contributed by atoms with Crippen LogP contribution in [-0.4, -0.2) is 34.1 Å². The van der Waals surface area contributed by atoms with Crippen molar-refractivity contribution in [3.63, 3.8) is 0 Å². The van der Waals surface area contributed by atoms with Gasteiger partial charge < -0.3 is 14.2 Å². The van der Waals surface area contributed by atoms with Crippen LogP contribution < -0.4 is 24.5 Å². The van der Waals surface area contributed by atoms with E-state index in [-0.39, 0.29) is 11.5 Å². The topological polar surface area (TPSA) is 103 Å². The lowest BCUT2D eigenvalue weighted by atomic mass is 10.2. The number of carbonyl (C=O) groups is 1. The maximum absolute atomic E-state index is 12.3. The summed E-state index contributed by atoms with van der Waals surface area (Å²) in [5, 5.41) is 0. The standard InChI is InChI=1S/C17H18N2O6S/c1-12-2-4-13(5-3-12)25-11-17(20)18-19-26(21,22)14-6-7-15-16(10-14)24-9-8-23-15/h2-7,10,19H,8-9,11H2,1H3,(H,18,20). The highest BCUT2D eigenvalue weighted by atomic mass is 32.2. The Hall–Kier alpha value is -2.78. The van der Waals surface area contributed by atoms with Gasteiger partial charge in [0.15, 0.2) is 18.1 Å². The molecule has 0 aromatic heterocycles. The van der Waals surface area contributed by atoms with Crippen molar-refractivity contribution in [2.75, 3.05) is 19.8 Å². The van der Waals surface area contributed by atoms with Crippen LogP contribution >= 0.6 is 0 Å². The van der Waals surface area contributed by atoms with E-state index in [0.29, 0.717) is 30.5 Å². The molecule has 2 aromatic carbocycles. The van der Waals surface area contributed by atoms with Crippen molar-refractivity contribution in [1.29, 1.82) is 0 Å². The predicted molar refractivity (Wildman–Crippen MR) is 92.6 cm³/mol. The fourth-order valence-corrected chi connectivity index (χ4v) is 3.07. The summed E-state index contributed by atoms with van der Waals surface area (Å²) in [6.45, 7) is 2.36. The van der Waals surface area contributed by atoms with Crippen LogP contribution in [0.4, 0.5) is 0 Å². The van der Waals surface area contributed by atoms with Gasteiger partial charge in [-0.3, -0.25) is 10.2 Å². The molecule has 0 unspecified atom stereocenters. The van der Waals surface area contributed by atoms with Crippen molar-refractivity contribution >= 4 is 15.9 Å². The molecule has 1 aliphatic heterocycles. The van der Waals surface area contributed by atoms with E-state index >= 15 is 0 Å². The predicted octanol–water partition coefficient (Wildman–Crippen LogP) is 1.15. The molecule has 1 heterocycles. The summed E-state index contributed by atoms with van der Waals surface area (Å²) in [6.07, 6.45) is 0. The van der Waals surface area contributed by atoms with E-state index in [1.807, 2.05) is 23.9 Å². The number of amides is 1. The van der Waals surface area contributed by atoms with Gasteiger partial charge >= 0.3 is 0 Å². The first-order valence-electron chi connectivity index (χ1n) is 7.84. The maximum atomic E-state index is 12.3. The Bertz CT molecular complexity index is 896. The molecule has 0 saturated heterocycles. The number of hydrogen-bond donors (Lipinski definition) is 2. The summed E-state index contributed by atoms with van der Waals surface area (Å²) < 4.78 is 40.5. The number of benzene rings is 2. The minimum Gasteiger partial charge on any atom is -0.486 e. The van der Waals surface area contributed by atoms with Crippen LogP contribution in [0.15, 0.2) is 47.4 Å². The third kappa shape index (κ3) is 4.44. The first-order chi connectivity index (χ1) is 12.4. The van der Waals surface area contributed by atoms with E-state index in [2.05, 4.69) is 5.43 Å². The van der Waals surface area contributed by atoms with E-state index < -0.39 is 15.9 Å². The molecule has 1 amide bonds. The molecule has 2 aromatic rings. The van der Waals surface area contributed by atoms with Crippen LogP contribution in [0.2, 0.25) is 0 Å². The Labute approximate surface area is 151 Å². The second-order valence-corrected chi connectivity index (χ2v) is 7.24. The lowest BCUT2D eigenvalue weighted by Gasteiger charge is -2.19. The Kier molecular flexibility index (Phi) is 5.29. The Balaban J connectivity index is 1.56. The van der Waals surface area contributed by atoms with Crippen LogP contribution in [0, 0.1) is 6.92 Å². The van der Waals surface area contributed by atoms with Crippen LogP contribution in [0.3, 0.4) is 0 Å². The molecule has 9 heteroatoms. The molecule has 0 aliphatic carbocycles. The highest BCUT2D eigenvalue weighted by molar-refractivity contribution is 7.89. The van der Waals surface area contributed by atoms with Crippen molar-refractivity contribution in [2.24, 2.45) is 0 Å². The second-order valence-electron chi connectivity index (χ2n) is 5.56. The van der Waals surface area contributed by atoms with Gasteiger partial charge in [0, 0.05) is 6.07 Å². The van der Waals surface area contributed by atoms with E-state index in [1.165, 1.54) is 18.2 Å². The number of hydrogen-bond acceptors (Lipinski definition) is 6. The molecule has 0 fully saturated rings. The monoisotopic (exact) mass is 378 g/mol. The number of fused-ring (bicyclic) bond motifs is 1. The van der Waals surface area contributed by atoms with Crippen molar-refractivity contribution in [1.82, 2.24) is 10.3 Å². The zero-order chi connectivity index (χ0) is 18.6. The number of nitrogens with one attached hydrogen (secondary N) is 2. The van der Waals surface area contributed by atoms with Crippen molar-refractivity contribution < 1.29 is 27.4 Å². The fraction of sp³-hybridized carbons (Fsp3) is 0.235. The Morgan fingerprint density at radius 3 is 2.50 bits per heavy atom. The molecule has 3 rings (SSSR count). The molecule has 138 valence electrons. The Morgan fingerprint density at radius 2 is 1.77 bits per heavy atom. The number of aryl methyl sites for hydroxylation is 1. The van der Waals surface area contributed by atoms with Crippen molar-refractivity contribution in [2.45, 2.75) is 11.8 Å². The SMILES string of the molecule is Cc1ccc(OCC(=O)NNS(=O)(=O)c2ccc3c(c2)OCCO3)cc1. The largest absolute Gasteiger partial charge is 0.486 e. The van der Waals surface area contributed by atoms with Gasteiger partial charge in [0.2, 0.25) is 0 Å². The molecule has 26 heavy (non-hydrogen) atoms. The van der Waals surface area contributed by atoms with Crippen molar-refractivity contribution in [3.05, 3.63) is 48.0 Å². The van der Waals surface area contributed by atoms with Gasteiger partial charge in [0.1, 0.15) is 19.0 Å². The molecule has 8 nitrogen and oxygen atoms in total. The minimum absolute atomic E-state index is 0.0542. The summed E-state index contributed by atoms with van der Waals surface area (Å²) in [4.78, 5) is 13.8. The first kappa shape index (κ1) is 18.0. The average Bonchev–Trinajstić information content (AvgIpc) is 2.65. The van der Waals surface area contributed by atoms with Gasteiger partial charge in [0.25, 0.3) is 15.9 Å². The maximum Gasteiger partial charge on any atom is 0.272 e. The fourth-order valence-electron chi connectivity index (χ4n) is 2.19. The third-order valence-electron chi connectivity index (χ3n) is 3.54. The minimum atomic E-state index is -3.95. The zero-order valence-electron chi connectivity index (χ0n) is 14.0. The number of rotatable bonds is 6. The van der Waals surface area contributed by atoms with E-state index in [1.54, 1.807) is 12.1 Å². The molecule has 0 atom stereocenters.